The van der Waals surface area contributed by atoms with Gasteiger partial charge in [0, 0.05) is 5.41 Å². The lowest BCUT2D eigenvalue weighted by molar-refractivity contribution is -0.175. The van der Waals surface area contributed by atoms with Crippen molar-refractivity contribution in [3.8, 4) is 0 Å². The molecule has 16 heavy (non-hydrogen) atoms. The summed E-state index contributed by atoms with van der Waals surface area (Å²) in [5.41, 5.74) is -1.15. The maximum atomic E-state index is 11.6. The fourth-order valence-electron chi connectivity index (χ4n) is 4.74. The Hall–Kier alpha value is -0.570. The van der Waals surface area contributed by atoms with E-state index in [0.29, 0.717) is 18.3 Å². The summed E-state index contributed by atoms with van der Waals surface area (Å²) in [4.78, 5) is 23.1. The lowest BCUT2D eigenvalue weighted by Gasteiger charge is -2.59. The first-order valence-corrected chi connectivity index (χ1v) is 6.27. The summed E-state index contributed by atoms with van der Waals surface area (Å²) in [5, 5.41) is 9.12. The second kappa shape index (κ2) is 3.00. The maximum absolute atomic E-state index is 11.6. The van der Waals surface area contributed by atoms with Crippen LogP contribution >= 0.6 is 11.6 Å². The van der Waals surface area contributed by atoms with E-state index < -0.39 is 16.8 Å². The molecule has 4 aliphatic carbocycles. The van der Waals surface area contributed by atoms with Gasteiger partial charge in [-0.2, -0.15) is 0 Å². The molecule has 4 fully saturated rings. The molecule has 0 aliphatic heterocycles. The Labute approximate surface area is 99.2 Å². The molecule has 4 bridgehead atoms. The van der Waals surface area contributed by atoms with Crippen molar-refractivity contribution in [2.75, 3.05) is 0 Å². The van der Waals surface area contributed by atoms with Gasteiger partial charge in [-0.1, -0.05) is 0 Å². The Morgan fingerprint density at radius 2 is 1.56 bits per heavy atom. The smallest absolute Gasteiger partial charge is 0.309 e. The van der Waals surface area contributed by atoms with Crippen LogP contribution in [0.25, 0.3) is 0 Å². The van der Waals surface area contributed by atoms with Crippen LogP contribution in [0.5, 0.6) is 0 Å². The normalized spacial score (nSPS) is 49.3. The number of rotatable bonds is 2. The summed E-state index contributed by atoms with van der Waals surface area (Å²) in [6, 6.07) is 0. The predicted molar refractivity (Wildman–Crippen MR) is 58.0 cm³/mol. The zero-order valence-corrected chi connectivity index (χ0v) is 9.79. The van der Waals surface area contributed by atoms with Crippen molar-refractivity contribution in [2.45, 2.75) is 38.5 Å². The van der Waals surface area contributed by atoms with Gasteiger partial charge in [-0.05, 0) is 62.0 Å². The fraction of sp³-hybridized carbons (Fsp3) is 0.833. The first-order chi connectivity index (χ1) is 7.46. The predicted octanol–water partition coefficient (Wildman–Crippen LogP) is 2.42. The lowest BCUT2D eigenvalue weighted by Crippen LogP contribution is -2.56. The molecule has 0 radical (unpaired) electrons. The van der Waals surface area contributed by atoms with Crippen molar-refractivity contribution in [1.29, 1.82) is 0 Å². The number of halogens is 1. The van der Waals surface area contributed by atoms with E-state index in [0.717, 1.165) is 32.1 Å². The molecule has 0 aromatic rings. The second-order valence-electron chi connectivity index (χ2n) is 6.10. The molecule has 4 saturated carbocycles. The number of carboxylic acid groups (broad SMARTS) is 1. The van der Waals surface area contributed by atoms with E-state index in [1.165, 1.54) is 0 Å². The van der Waals surface area contributed by atoms with Crippen LogP contribution in [0.1, 0.15) is 38.5 Å². The van der Waals surface area contributed by atoms with Gasteiger partial charge in [0.05, 0.1) is 5.41 Å². The van der Waals surface area contributed by atoms with E-state index in [-0.39, 0.29) is 5.24 Å². The Kier molecular flexibility index (Phi) is 1.99. The molecule has 4 rings (SSSR count). The summed E-state index contributed by atoms with van der Waals surface area (Å²) < 4.78 is 0. The highest BCUT2D eigenvalue weighted by Crippen LogP contribution is 2.65. The van der Waals surface area contributed by atoms with E-state index in [9.17, 15) is 14.7 Å². The van der Waals surface area contributed by atoms with Crippen molar-refractivity contribution in [2.24, 2.45) is 22.7 Å². The molecule has 0 aromatic carbocycles. The molecular formula is C12H15ClO3. The third-order valence-corrected chi connectivity index (χ3v) is 5.33. The second-order valence-corrected chi connectivity index (χ2v) is 6.44. The highest BCUT2D eigenvalue weighted by atomic mass is 35.5. The van der Waals surface area contributed by atoms with Crippen LogP contribution in [-0.2, 0) is 9.59 Å². The molecule has 1 N–H and O–H groups in total. The summed E-state index contributed by atoms with van der Waals surface area (Å²) in [5.74, 6) is 0.0870. The molecular weight excluding hydrogens is 228 g/mol. The van der Waals surface area contributed by atoms with Gasteiger partial charge in [0.15, 0.2) is 0 Å². The summed E-state index contributed by atoms with van der Waals surface area (Å²) in [7, 11) is 0. The van der Waals surface area contributed by atoms with E-state index in [1.54, 1.807) is 0 Å². The van der Waals surface area contributed by atoms with Gasteiger partial charge in [0.1, 0.15) is 0 Å². The third-order valence-electron chi connectivity index (χ3n) is 4.93. The highest BCUT2D eigenvalue weighted by molar-refractivity contribution is 6.64. The third kappa shape index (κ3) is 1.21. The molecule has 0 spiro atoms. The van der Waals surface area contributed by atoms with Crippen molar-refractivity contribution in [3.05, 3.63) is 0 Å². The van der Waals surface area contributed by atoms with Crippen molar-refractivity contribution in [1.82, 2.24) is 0 Å². The Morgan fingerprint density at radius 1 is 1.06 bits per heavy atom. The minimum absolute atomic E-state index is 0.299. The molecule has 0 saturated heterocycles. The highest BCUT2D eigenvalue weighted by Gasteiger charge is 2.62. The molecule has 2 unspecified atom stereocenters. The topological polar surface area (TPSA) is 54.4 Å². The van der Waals surface area contributed by atoms with Crippen LogP contribution in [0, 0.1) is 22.7 Å². The minimum atomic E-state index is -0.719. The number of aliphatic carboxylic acids is 1. The number of carbonyl (C=O) groups excluding carboxylic acids is 1. The van der Waals surface area contributed by atoms with E-state index in [2.05, 4.69) is 0 Å². The van der Waals surface area contributed by atoms with Crippen molar-refractivity contribution in [3.63, 3.8) is 0 Å². The van der Waals surface area contributed by atoms with Gasteiger partial charge < -0.3 is 5.11 Å². The average Bonchev–Trinajstić information content (AvgIpc) is 2.14. The quantitative estimate of drug-likeness (QED) is 0.757. The van der Waals surface area contributed by atoms with E-state index in [4.69, 9.17) is 11.6 Å². The molecule has 4 aliphatic rings. The summed E-state index contributed by atoms with van der Waals surface area (Å²) in [6.07, 6.45) is 4.73. The first-order valence-electron chi connectivity index (χ1n) is 5.89. The molecule has 0 heterocycles. The standard InChI is InChI=1S/C12H15ClO3/c13-9(14)11-2-7-1-8(3-11)5-12(4-7,6-11)10(15)16/h7-8H,1-6H2,(H,15,16). The van der Waals surface area contributed by atoms with Crippen molar-refractivity contribution < 1.29 is 14.7 Å². The number of hydrogen-bond acceptors (Lipinski definition) is 2. The van der Waals surface area contributed by atoms with Crippen LogP contribution in [-0.4, -0.2) is 16.3 Å². The molecule has 0 amide bonds. The largest absolute Gasteiger partial charge is 0.481 e. The zero-order chi connectivity index (χ0) is 11.6. The number of hydrogen-bond donors (Lipinski definition) is 1. The molecule has 4 heteroatoms. The zero-order valence-electron chi connectivity index (χ0n) is 9.04. The van der Waals surface area contributed by atoms with Gasteiger partial charge in [0.2, 0.25) is 5.24 Å². The fourth-order valence-corrected chi connectivity index (χ4v) is 4.96. The monoisotopic (exact) mass is 242 g/mol. The van der Waals surface area contributed by atoms with Gasteiger partial charge in [-0.3, -0.25) is 9.59 Å². The van der Waals surface area contributed by atoms with Crippen LogP contribution in [0.2, 0.25) is 0 Å². The van der Waals surface area contributed by atoms with Gasteiger partial charge >= 0.3 is 5.97 Å². The van der Waals surface area contributed by atoms with Gasteiger partial charge in [-0.15, -0.1) is 0 Å². The Morgan fingerprint density at radius 3 is 2.00 bits per heavy atom. The average molecular weight is 243 g/mol. The van der Waals surface area contributed by atoms with E-state index in [1.807, 2.05) is 0 Å². The molecule has 0 aromatic heterocycles. The number of carbonyl (C=O) groups is 2. The SMILES string of the molecule is O=C(O)C12CC3CC(C1)CC(C(=O)Cl)(C3)C2. The molecule has 3 nitrogen and oxygen atoms in total. The van der Waals surface area contributed by atoms with Crippen LogP contribution in [0.4, 0.5) is 0 Å². The maximum Gasteiger partial charge on any atom is 0.309 e. The van der Waals surface area contributed by atoms with Crippen molar-refractivity contribution >= 4 is 22.8 Å². The van der Waals surface area contributed by atoms with E-state index >= 15 is 0 Å². The molecule has 2 atom stereocenters. The number of carboxylic acids is 1. The van der Waals surface area contributed by atoms with Crippen LogP contribution in [0.3, 0.4) is 0 Å². The summed E-state index contributed by atoms with van der Waals surface area (Å²) >= 11 is 5.73. The molecule has 88 valence electrons. The first kappa shape index (κ1) is 10.6. The minimum Gasteiger partial charge on any atom is -0.481 e. The lowest BCUT2D eigenvalue weighted by atomic mass is 9.44. The van der Waals surface area contributed by atoms with Gasteiger partial charge in [0.25, 0.3) is 0 Å². The van der Waals surface area contributed by atoms with Gasteiger partial charge in [-0.25, -0.2) is 0 Å². The Bertz CT molecular complexity index is 330. The van der Waals surface area contributed by atoms with Crippen LogP contribution in [0.15, 0.2) is 0 Å². The Balaban J connectivity index is 2.03. The van der Waals surface area contributed by atoms with Crippen LogP contribution < -0.4 is 0 Å². The summed E-state index contributed by atoms with van der Waals surface area (Å²) in [6.45, 7) is 0.